The van der Waals surface area contributed by atoms with E-state index in [2.05, 4.69) is 59.9 Å². The van der Waals surface area contributed by atoms with Gasteiger partial charge in [-0.05, 0) is 57.7 Å². The smallest absolute Gasteiger partial charge is 0.137 e. The Labute approximate surface area is 131 Å². The second-order valence-electron chi connectivity index (χ2n) is 3.97. The summed E-state index contributed by atoms with van der Waals surface area (Å²) in [5.41, 5.74) is 2.30. The van der Waals surface area contributed by atoms with Gasteiger partial charge in [0, 0.05) is 9.30 Å². The van der Waals surface area contributed by atoms with Crippen molar-refractivity contribution in [2.75, 3.05) is 0 Å². The highest BCUT2D eigenvalue weighted by Crippen LogP contribution is 2.30. The van der Waals surface area contributed by atoms with Gasteiger partial charge in [0.15, 0.2) is 0 Å². The van der Waals surface area contributed by atoms with Crippen LogP contribution in [-0.4, -0.2) is 0 Å². The van der Waals surface area contributed by atoms with Crippen molar-refractivity contribution in [2.45, 2.75) is 11.2 Å². The molecule has 0 heterocycles. The van der Waals surface area contributed by atoms with Crippen molar-refractivity contribution in [3.8, 4) is 0 Å². The van der Waals surface area contributed by atoms with E-state index in [4.69, 9.17) is 0 Å². The average Bonchev–Trinajstić information content (AvgIpc) is 2.35. The van der Waals surface area contributed by atoms with Gasteiger partial charge in [0.05, 0.1) is 4.47 Å². The number of rotatable bonds is 3. The van der Waals surface area contributed by atoms with E-state index in [9.17, 15) is 4.39 Å². The third kappa shape index (κ3) is 3.65. The minimum atomic E-state index is -0.234. The van der Waals surface area contributed by atoms with Gasteiger partial charge in [0.2, 0.25) is 0 Å². The summed E-state index contributed by atoms with van der Waals surface area (Å²) in [6.07, 6.45) is 0.866. The van der Waals surface area contributed by atoms with Crippen LogP contribution in [0.5, 0.6) is 0 Å². The minimum absolute atomic E-state index is 0.176. The van der Waals surface area contributed by atoms with Gasteiger partial charge in [-0.1, -0.05) is 50.1 Å². The molecule has 0 fully saturated rings. The van der Waals surface area contributed by atoms with Gasteiger partial charge in [-0.2, -0.15) is 0 Å². The van der Waals surface area contributed by atoms with Gasteiger partial charge in [0.1, 0.15) is 5.82 Å². The first-order chi connectivity index (χ1) is 8.56. The van der Waals surface area contributed by atoms with Crippen molar-refractivity contribution in [1.82, 2.24) is 0 Å². The molecule has 1 atom stereocenters. The van der Waals surface area contributed by atoms with Crippen molar-refractivity contribution in [3.63, 3.8) is 0 Å². The van der Waals surface area contributed by atoms with Crippen LogP contribution in [0.1, 0.15) is 16.0 Å². The molecule has 0 aromatic heterocycles. The zero-order valence-electron chi connectivity index (χ0n) is 9.34. The van der Waals surface area contributed by atoms with Gasteiger partial charge in [-0.15, -0.1) is 0 Å². The molecule has 0 aliphatic rings. The van der Waals surface area contributed by atoms with Gasteiger partial charge >= 0.3 is 0 Å². The average molecular weight is 437 g/mol. The second kappa shape index (κ2) is 6.31. The van der Waals surface area contributed by atoms with E-state index in [1.807, 2.05) is 18.2 Å². The van der Waals surface area contributed by atoms with Gasteiger partial charge in [-0.3, -0.25) is 0 Å². The first-order valence-corrected chi connectivity index (χ1v) is 7.90. The zero-order chi connectivity index (χ0) is 13.1. The predicted octanol–water partition coefficient (Wildman–Crippen LogP) is 6.03. The Bertz CT molecular complexity index is 537. The van der Waals surface area contributed by atoms with Gasteiger partial charge in [0.25, 0.3) is 0 Å². The highest BCUT2D eigenvalue weighted by Gasteiger charge is 2.10. The van der Waals surface area contributed by atoms with E-state index in [-0.39, 0.29) is 10.6 Å². The van der Waals surface area contributed by atoms with Crippen molar-refractivity contribution >= 4 is 47.8 Å². The molecule has 4 heteroatoms. The van der Waals surface area contributed by atoms with Gasteiger partial charge in [-0.25, -0.2) is 4.39 Å². The van der Waals surface area contributed by atoms with Crippen molar-refractivity contribution in [3.05, 3.63) is 68.4 Å². The third-order valence-electron chi connectivity index (χ3n) is 2.63. The number of alkyl halides is 1. The van der Waals surface area contributed by atoms with Crippen LogP contribution in [0.25, 0.3) is 0 Å². The zero-order valence-corrected chi connectivity index (χ0v) is 14.1. The quantitative estimate of drug-likeness (QED) is 0.515. The topological polar surface area (TPSA) is 0 Å². The molecule has 0 spiro atoms. The van der Waals surface area contributed by atoms with Crippen LogP contribution >= 0.6 is 47.8 Å². The summed E-state index contributed by atoms with van der Waals surface area (Å²) in [6.45, 7) is 0. The maximum Gasteiger partial charge on any atom is 0.137 e. The van der Waals surface area contributed by atoms with E-state index in [1.54, 1.807) is 6.07 Å². The van der Waals surface area contributed by atoms with Crippen LogP contribution in [0.3, 0.4) is 0 Å². The highest BCUT2D eigenvalue weighted by atomic mass is 79.9. The van der Waals surface area contributed by atoms with Crippen LogP contribution in [-0.2, 0) is 6.42 Å². The van der Waals surface area contributed by atoms with Gasteiger partial charge < -0.3 is 0 Å². The molecule has 0 aliphatic heterocycles. The van der Waals surface area contributed by atoms with Crippen molar-refractivity contribution in [1.29, 1.82) is 0 Å². The van der Waals surface area contributed by atoms with E-state index in [0.717, 1.165) is 16.5 Å². The lowest BCUT2D eigenvalue weighted by atomic mass is 10.0. The summed E-state index contributed by atoms with van der Waals surface area (Å²) in [7, 11) is 0. The molecule has 2 aromatic rings. The molecule has 18 heavy (non-hydrogen) atoms. The van der Waals surface area contributed by atoms with Crippen LogP contribution in [0.15, 0.2) is 51.4 Å². The van der Waals surface area contributed by atoms with E-state index >= 15 is 0 Å². The summed E-state index contributed by atoms with van der Waals surface area (Å²) < 4.78 is 14.7. The van der Waals surface area contributed by atoms with Crippen molar-refractivity contribution in [2.24, 2.45) is 0 Å². The molecule has 1 unspecified atom stereocenters. The second-order valence-corrected chi connectivity index (χ2v) is 6.85. The predicted molar refractivity (Wildman–Crippen MR) is 83.6 cm³/mol. The summed E-state index contributed by atoms with van der Waals surface area (Å²) in [6, 6.07) is 13.3. The molecular weight excluding hydrogens is 427 g/mol. The normalized spacial score (nSPS) is 12.4. The summed E-state index contributed by atoms with van der Waals surface area (Å²) in [5, 5.41) is 0. The first kappa shape index (κ1) is 14.2. The molecule has 0 aliphatic carbocycles. The SMILES string of the molecule is Fc1ccc(C(Br)Cc2ccc(Br)cc2)cc1Br. The third-order valence-corrected chi connectivity index (χ3v) is 4.62. The molecule has 0 saturated heterocycles. The minimum Gasteiger partial charge on any atom is -0.206 e. The fraction of sp³-hybridized carbons (Fsp3) is 0.143. The Morgan fingerprint density at radius 3 is 2.28 bits per heavy atom. The Kier molecular flexibility index (Phi) is 4.98. The molecule has 0 bridgehead atoms. The van der Waals surface area contributed by atoms with Crippen LogP contribution in [0.2, 0.25) is 0 Å². The molecule has 0 N–H and O–H groups in total. The molecule has 2 rings (SSSR count). The maximum absolute atomic E-state index is 13.2. The summed E-state index contributed by atoms with van der Waals surface area (Å²) in [5.74, 6) is -0.234. The lowest BCUT2D eigenvalue weighted by Crippen LogP contribution is -1.96. The van der Waals surface area contributed by atoms with E-state index in [1.165, 1.54) is 11.6 Å². The number of hydrogen-bond donors (Lipinski definition) is 0. The molecular formula is C14H10Br3F. The van der Waals surface area contributed by atoms with E-state index < -0.39 is 0 Å². The Morgan fingerprint density at radius 2 is 1.67 bits per heavy atom. The van der Waals surface area contributed by atoms with Crippen LogP contribution < -0.4 is 0 Å². The Morgan fingerprint density at radius 1 is 1.00 bits per heavy atom. The fourth-order valence-electron chi connectivity index (χ4n) is 1.65. The van der Waals surface area contributed by atoms with E-state index in [0.29, 0.717) is 4.47 Å². The maximum atomic E-state index is 13.2. The summed E-state index contributed by atoms with van der Waals surface area (Å²) in [4.78, 5) is 0.176. The molecule has 2 aromatic carbocycles. The monoisotopic (exact) mass is 434 g/mol. The Balaban J connectivity index is 2.13. The standard InChI is InChI=1S/C14H10Br3F/c15-11-4-1-9(2-5-11)7-12(16)10-3-6-14(18)13(17)8-10/h1-6,8,12H,7H2. The van der Waals surface area contributed by atoms with Crippen LogP contribution in [0, 0.1) is 5.82 Å². The highest BCUT2D eigenvalue weighted by molar-refractivity contribution is 9.10. The Hall–Kier alpha value is -0.190. The number of benzene rings is 2. The lowest BCUT2D eigenvalue weighted by molar-refractivity contribution is 0.620. The fourth-order valence-corrected chi connectivity index (χ4v) is 2.97. The molecule has 0 amide bonds. The molecule has 0 saturated carbocycles. The number of halogens is 4. The van der Waals surface area contributed by atoms with Crippen molar-refractivity contribution < 1.29 is 4.39 Å². The molecule has 0 radical (unpaired) electrons. The lowest BCUT2D eigenvalue weighted by Gasteiger charge is -2.11. The molecule has 94 valence electrons. The number of hydrogen-bond acceptors (Lipinski definition) is 0. The molecule has 0 nitrogen and oxygen atoms in total. The van der Waals surface area contributed by atoms with Crippen LogP contribution in [0.4, 0.5) is 4.39 Å². The first-order valence-electron chi connectivity index (χ1n) is 5.40. The summed E-state index contributed by atoms with van der Waals surface area (Å²) >= 11 is 10.3. The largest absolute Gasteiger partial charge is 0.206 e.